The lowest BCUT2D eigenvalue weighted by Gasteiger charge is -2.08. The molecule has 0 atom stereocenters. The van der Waals surface area contributed by atoms with Gasteiger partial charge in [0.2, 0.25) is 0 Å². The first-order chi connectivity index (χ1) is 9.24. The molecule has 6 nitrogen and oxygen atoms in total. The molecule has 2 aromatic heterocycles. The fraction of sp³-hybridized carbons (Fsp3) is 0.0833. The number of nitrogens with one attached hydrogen (secondary N) is 2. The van der Waals surface area contributed by atoms with E-state index < -0.39 is 0 Å². The third-order valence-electron chi connectivity index (χ3n) is 2.71. The lowest BCUT2D eigenvalue weighted by molar-refractivity contribution is 0.469. The molecule has 2 heterocycles. The van der Waals surface area contributed by atoms with Crippen molar-refractivity contribution in [1.29, 1.82) is 0 Å². The Morgan fingerprint density at radius 1 is 1.26 bits per heavy atom. The number of H-pyrrole nitrogens is 1. The second kappa shape index (κ2) is 4.85. The summed E-state index contributed by atoms with van der Waals surface area (Å²) in [6.45, 7) is 0.455. The van der Waals surface area contributed by atoms with Crippen molar-refractivity contribution in [1.82, 2.24) is 19.9 Å². The molecular weight excluding hydrogens is 310 g/mol. The van der Waals surface area contributed by atoms with Crippen LogP contribution in [-0.4, -0.2) is 25.0 Å². The molecule has 3 N–H and O–H groups in total. The number of phenolic OH excluding ortho intramolecular Hbond substituents is 1. The number of anilines is 1. The van der Waals surface area contributed by atoms with Gasteiger partial charge in [-0.2, -0.15) is 0 Å². The van der Waals surface area contributed by atoms with Gasteiger partial charge in [-0.05, 0) is 18.2 Å². The van der Waals surface area contributed by atoms with E-state index in [9.17, 15) is 5.11 Å². The van der Waals surface area contributed by atoms with E-state index >= 15 is 0 Å². The molecule has 0 saturated carbocycles. The second-order valence-electron chi connectivity index (χ2n) is 3.95. The van der Waals surface area contributed by atoms with Gasteiger partial charge in [0.15, 0.2) is 11.5 Å². The summed E-state index contributed by atoms with van der Waals surface area (Å²) >= 11 is 3.38. The molecule has 0 radical (unpaired) electrons. The summed E-state index contributed by atoms with van der Waals surface area (Å²) < 4.78 is 0.913. The smallest absolute Gasteiger partial charge is 0.182 e. The number of hydrogen-bond acceptors (Lipinski definition) is 5. The number of fused-ring (bicyclic) bond motifs is 1. The number of aromatic hydroxyl groups is 1. The first-order valence-corrected chi connectivity index (χ1v) is 6.38. The van der Waals surface area contributed by atoms with E-state index in [1.807, 2.05) is 6.07 Å². The van der Waals surface area contributed by atoms with Crippen LogP contribution in [-0.2, 0) is 6.54 Å². The van der Waals surface area contributed by atoms with Crippen LogP contribution in [0.1, 0.15) is 5.56 Å². The van der Waals surface area contributed by atoms with Gasteiger partial charge in [0.05, 0.1) is 6.33 Å². The molecular formula is C12H10BrN5O. The summed E-state index contributed by atoms with van der Waals surface area (Å²) in [4.78, 5) is 15.2. The van der Waals surface area contributed by atoms with Crippen LogP contribution in [0.3, 0.4) is 0 Å². The van der Waals surface area contributed by atoms with Crippen LogP contribution in [0.4, 0.5) is 5.82 Å². The first-order valence-electron chi connectivity index (χ1n) is 5.59. The van der Waals surface area contributed by atoms with Crippen molar-refractivity contribution < 1.29 is 5.11 Å². The van der Waals surface area contributed by atoms with E-state index in [1.165, 1.54) is 6.33 Å². The predicted octanol–water partition coefficient (Wildman–Crippen LogP) is 2.43. The standard InChI is InChI=1S/C12H10BrN5O/c13-8-1-2-9(19)7(3-8)4-14-11-10-12(16-5-15-10)18-6-17-11/h1-3,5-6,19H,4H2,(H2,14,15,16,17,18). The number of imidazole rings is 1. The molecule has 19 heavy (non-hydrogen) atoms. The molecule has 0 aliphatic carbocycles. The van der Waals surface area contributed by atoms with Crippen LogP contribution in [0.25, 0.3) is 11.2 Å². The Bertz CT molecular complexity index is 727. The average Bonchev–Trinajstić information content (AvgIpc) is 2.88. The zero-order valence-electron chi connectivity index (χ0n) is 9.76. The number of phenols is 1. The largest absolute Gasteiger partial charge is 0.508 e. The van der Waals surface area contributed by atoms with Crippen LogP contribution in [0.2, 0.25) is 0 Å². The minimum Gasteiger partial charge on any atom is -0.508 e. The van der Waals surface area contributed by atoms with E-state index in [4.69, 9.17) is 0 Å². The Balaban J connectivity index is 1.86. The first kappa shape index (κ1) is 11.9. The van der Waals surface area contributed by atoms with Gasteiger partial charge in [-0.1, -0.05) is 15.9 Å². The number of aromatic amines is 1. The summed E-state index contributed by atoms with van der Waals surface area (Å²) in [5.74, 6) is 0.896. The molecule has 96 valence electrons. The van der Waals surface area contributed by atoms with Crippen LogP contribution in [0, 0.1) is 0 Å². The Labute approximate surface area is 117 Å². The quantitative estimate of drug-likeness (QED) is 0.690. The molecule has 0 fully saturated rings. The van der Waals surface area contributed by atoms with E-state index in [1.54, 1.807) is 18.5 Å². The van der Waals surface area contributed by atoms with Gasteiger partial charge in [0.1, 0.15) is 17.6 Å². The van der Waals surface area contributed by atoms with Gasteiger partial charge in [0, 0.05) is 16.6 Å². The van der Waals surface area contributed by atoms with Crippen LogP contribution in [0.15, 0.2) is 35.3 Å². The summed E-state index contributed by atoms with van der Waals surface area (Å²) in [6.07, 6.45) is 3.02. The predicted molar refractivity (Wildman–Crippen MR) is 74.8 cm³/mol. The van der Waals surface area contributed by atoms with Crippen molar-refractivity contribution in [3.05, 3.63) is 40.9 Å². The van der Waals surface area contributed by atoms with Crippen molar-refractivity contribution in [3.8, 4) is 5.75 Å². The summed E-state index contributed by atoms with van der Waals surface area (Å²) in [5.41, 5.74) is 2.13. The molecule has 3 aromatic rings. The maximum atomic E-state index is 9.77. The van der Waals surface area contributed by atoms with Gasteiger partial charge in [-0.3, -0.25) is 0 Å². The molecule has 0 unspecified atom stereocenters. The molecule has 1 aromatic carbocycles. The molecule has 0 aliphatic rings. The molecule has 0 amide bonds. The van der Waals surface area contributed by atoms with E-state index in [0.717, 1.165) is 15.6 Å². The lowest BCUT2D eigenvalue weighted by Crippen LogP contribution is -2.02. The maximum Gasteiger partial charge on any atom is 0.182 e. The summed E-state index contributed by atoms with van der Waals surface area (Å²) in [6, 6.07) is 5.29. The normalized spacial score (nSPS) is 10.8. The summed E-state index contributed by atoms with van der Waals surface area (Å²) in [5, 5.41) is 12.9. The van der Waals surface area contributed by atoms with Crippen molar-refractivity contribution >= 4 is 32.9 Å². The molecule has 0 bridgehead atoms. The van der Waals surface area contributed by atoms with Crippen molar-refractivity contribution in [3.63, 3.8) is 0 Å². The van der Waals surface area contributed by atoms with Crippen LogP contribution < -0.4 is 5.32 Å². The summed E-state index contributed by atoms with van der Waals surface area (Å²) in [7, 11) is 0. The molecule has 0 spiro atoms. The third-order valence-corrected chi connectivity index (χ3v) is 3.20. The number of hydrogen-bond donors (Lipinski definition) is 3. The van der Waals surface area contributed by atoms with Crippen molar-refractivity contribution in [2.75, 3.05) is 5.32 Å². The van der Waals surface area contributed by atoms with E-state index in [2.05, 4.69) is 41.2 Å². The van der Waals surface area contributed by atoms with Gasteiger partial charge in [-0.25, -0.2) is 15.0 Å². The van der Waals surface area contributed by atoms with Gasteiger partial charge < -0.3 is 15.4 Å². The van der Waals surface area contributed by atoms with Crippen molar-refractivity contribution in [2.45, 2.75) is 6.54 Å². The highest BCUT2D eigenvalue weighted by Gasteiger charge is 2.07. The number of benzene rings is 1. The Morgan fingerprint density at radius 2 is 2.16 bits per heavy atom. The molecule has 3 rings (SSSR count). The fourth-order valence-electron chi connectivity index (χ4n) is 1.77. The van der Waals surface area contributed by atoms with Crippen molar-refractivity contribution in [2.24, 2.45) is 0 Å². The minimum absolute atomic E-state index is 0.241. The molecule has 0 saturated heterocycles. The Morgan fingerprint density at radius 3 is 3.05 bits per heavy atom. The Hall–Kier alpha value is -2.15. The number of halogens is 1. The maximum absolute atomic E-state index is 9.77. The highest BCUT2D eigenvalue weighted by atomic mass is 79.9. The zero-order valence-corrected chi connectivity index (χ0v) is 11.3. The zero-order chi connectivity index (χ0) is 13.2. The number of nitrogens with zero attached hydrogens (tertiary/aromatic N) is 3. The van der Waals surface area contributed by atoms with E-state index in [0.29, 0.717) is 18.0 Å². The average molecular weight is 320 g/mol. The molecule has 7 heteroatoms. The molecule has 0 aliphatic heterocycles. The fourth-order valence-corrected chi connectivity index (χ4v) is 2.18. The van der Waals surface area contributed by atoms with Crippen LogP contribution in [0.5, 0.6) is 5.75 Å². The monoisotopic (exact) mass is 319 g/mol. The topological polar surface area (TPSA) is 86.7 Å². The SMILES string of the molecule is Oc1ccc(Br)cc1CNc1ncnc2nc[nH]c12. The minimum atomic E-state index is 0.241. The highest BCUT2D eigenvalue weighted by molar-refractivity contribution is 9.10. The van der Waals surface area contributed by atoms with Gasteiger partial charge in [-0.15, -0.1) is 0 Å². The van der Waals surface area contributed by atoms with E-state index in [-0.39, 0.29) is 5.75 Å². The lowest BCUT2D eigenvalue weighted by atomic mass is 10.2. The number of aromatic nitrogens is 4. The third kappa shape index (κ3) is 2.37. The van der Waals surface area contributed by atoms with Crippen LogP contribution >= 0.6 is 15.9 Å². The number of rotatable bonds is 3. The second-order valence-corrected chi connectivity index (χ2v) is 4.87. The van der Waals surface area contributed by atoms with Gasteiger partial charge in [0.25, 0.3) is 0 Å². The van der Waals surface area contributed by atoms with Gasteiger partial charge >= 0.3 is 0 Å². The highest BCUT2D eigenvalue weighted by Crippen LogP contribution is 2.23. The Kier molecular flexibility index (Phi) is 3.04.